The number of halogens is 2. The van der Waals surface area contributed by atoms with Gasteiger partial charge in [-0.2, -0.15) is 0 Å². The molecule has 2 amide bonds. The predicted molar refractivity (Wildman–Crippen MR) is 133 cm³/mol. The number of carbonyl (C=O) groups excluding carboxylic acids is 2. The minimum Gasteiger partial charge on any atom is -0.403 e. The molecule has 0 saturated heterocycles. The number of carbonyl (C=O) groups is 2. The summed E-state index contributed by atoms with van der Waals surface area (Å²) in [6, 6.07) is 13.8. The van der Waals surface area contributed by atoms with Gasteiger partial charge in [0.1, 0.15) is 0 Å². The van der Waals surface area contributed by atoms with E-state index in [1.54, 1.807) is 12.3 Å². The van der Waals surface area contributed by atoms with Crippen molar-refractivity contribution in [1.82, 2.24) is 15.5 Å². The Labute approximate surface area is 205 Å². The highest BCUT2D eigenvalue weighted by molar-refractivity contribution is 6.35. The van der Waals surface area contributed by atoms with E-state index in [0.717, 1.165) is 36.0 Å². The molecule has 1 saturated carbocycles. The van der Waals surface area contributed by atoms with Crippen LogP contribution in [0.4, 0.5) is 0 Å². The molecule has 1 aliphatic heterocycles. The number of fused-ring (bicyclic) bond motifs is 1. The second kappa shape index (κ2) is 12.5. The fraction of sp³-hybridized carbons (Fsp3) is 0.360. The number of hydrogen-bond donors (Lipinski definition) is 3. The number of nitrogens with one attached hydrogen (secondary N) is 2. The van der Waals surface area contributed by atoms with Crippen molar-refractivity contribution in [3.63, 3.8) is 0 Å². The van der Waals surface area contributed by atoms with E-state index < -0.39 is 0 Å². The Hall–Kier alpha value is -2.70. The Morgan fingerprint density at radius 3 is 2.48 bits per heavy atom. The number of hydrogen-bond acceptors (Lipinski definition) is 4. The smallest absolute Gasteiger partial charge is 0.254 e. The van der Waals surface area contributed by atoms with Gasteiger partial charge in [0.05, 0.1) is 6.04 Å². The van der Waals surface area contributed by atoms with Gasteiger partial charge in [-0.05, 0) is 48.6 Å². The molecule has 8 heteroatoms. The Kier molecular flexibility index (Phi) is 9.46. The van der Waals surface area contributed by atoms with Gasteiger partial charge in [-0.15, -0.1) is 0 Å². The van der Waals surface area contributed by atoms with Crippen LogP contribution in [-0.2, 0) is 11.2 Å². The van der Waals surface area contributed by atoms with Crippen LogP contribution in [0, 0.1) is 0 Å². The first-order valence-corrected chi connectivity index (χ1v) is 11.9. The van der Waals surface area contributed by atoms with Crippen LogP contribution in [0.2, 0.25) is 10.0 Å². The topological polar surface area (TPSA) is 87.5 Å². The molecule has 1 atom stereocenters. The predicted octanol–water partition coefficient (Wildman–Crippen LogP) is 4.43. The van der Waals surface area contributed by atoms with Crippen molar-refractivity contribution in [2.75, 3.05) is 13.1 Å². The summed E-state index contributed by atoms with van der Waals surface area (Å²) >= 11 is 12.6. The van der Waals surface area contributed by atoms with E-state index in [1.807, 2.05) is 30.3 Å². The van der Waals surface area contributed by atoms with Gasteiger partial charge in [-0.25, -0.2) is 0 Å². The molecular weight excluding hydrogens is 459 g/mol. The van der Waals surface area contributed by atoms with E-state index in [2.05, 4.69) is 21.6 Å². The summed E-state index contributed by atoms with van der Waals surface area (Å²) < 4.78 is 0. The van der Waals surface area contributed by atoms with Crippen LogP contribution in [0.5, 0.6) is 0 Å². The van der Waals surface area contributed by atoms with E-state index in [4.69, 9.17) is 28.9 Å². The molecule has 2 aliphatic rings. The van der Waals surface area contributed by atoms with Crippen molar-refractivity contribution in [3.05, 3.63) is 81.6 Å². The van der Waals surface area contributed by atoms with Crippen LogP contribution in [0.3, 0.4) is 0 Å². The van der Waals surface area contributed by atoms with E-state index in [-0.39, 0.29) is 11.9 Å². The largest absolute Gasteiger partial charge is 0.403 e. The Morgan fingerprint density at radius 2 is 1.79 bits per heavy atom. The van der Waals surface area contributed by atoms with Crippen molar-refractivity contribution >= 4 is 35.5 Å². The summed E-state index contributed by atoms with van der Waals surface area (Å²) in [7, 11) is 0. The summed E-state index contributed by atoms with van der Waals surface area (Å²) in [5, 5.41) is 6.60. The summed E-state index contributed by atoms with van der Waals surface area (Å²) in [5.74, 6) is 0.139. The molecular formula is C25H30Cl2N4O2. The SMILES string of the molecule is N/C=C\NCCNC=O.O=C1c2ccccc2CC(c2ccc(Cl)cc2Cl)N1C1CCCC1. The Balaban J connectivity index is 0.000000292. The Bertz CT molecular complexity index is 977. The van der Waals surface area contributed by atoms with Crippen molar-refractivity contribution in [3.8, 4) is 0 Å². The lowest BCUT2D eigenvalue weighted by molar-refractivity contribution is -0.109. The molecule has 33 heavy (non-hydrogen) atoms. The maximum Gasteiger partial charge on any atom is 0.254 e. The zero-order valence-electron chi connectivity index (χ0n) is 18.5. The molecule has 0 radical (unpaired) electrons. The average molecular weight is 489 g/mol. The molecule has 0 aromatic heterocycles. The third-order valence-electron chi connectivity index (χ3n) is 5.98. The zero-order valence-corrected chi connectivity index (χ0v) is 20.0. The molecule has 1 heterocycles. The van der Waals surface area contributed by atoms with Gasteiger partial charge in [-0.1, -0.05) is 60.3 Å². The quantitative estimate of drug-likeness (QED) is 0.397. The average Bonchev–Trinajstić information content (AvgIpc) is 3.34. The second-order valence-corrected chi connectivity index (χ2v) is 8.92. The first kappa shape index (κ1) is 24.9. The maximum absolute atomic E-state index is 13.2. The molecule has 4 N–H and O–H groups in total. The van der Waals surface area contributed by atoms with Crippen LogP contribution >= 0.6 is 23.2 Å². The third-order valence-corrected chi connectivity index (χ3v) is 6.54. The molecule has 1 fully saturated rings. The highest BCUT2D eigenvalue weighted by atomic mass is 35.5. The monoisotopic (exact) mass is 488 g/mol. The number of nitrogens with two attached hydrogens (primary N) is 1. The summed E-state index contributed by atoms with van der Waals surface area (Å²) in [5.41, 5.74) is 7.95. The molecule has 1 aliphatic carbocycles. The molecule has 176 valence electrons. The lowest BCUT2D eigenvalue weighted by Crippen LogP contribution is -2.45. The lowest BCUT2D eigenvalue weighted by Gasteiger charge is -2.41. The number of amides is 2. The summed E-state index contributed by atoms with van der Waals surface area (Å²) in [6.45, 7) is 1.32. The van der Waals surface area contributed by atoms with Gasteiger partial charge in [-0.3, -0.25) is 9.59 Å². The molecule has 6 nitrogen and oxygen atoms in total. The zero-order chi connectivity index (χ0) is 23.6. The third kappa shape index (κ3) is 6.42. The van der Waals surface area contributed by atoms with E-state index in [9.17, 15) is 9.59 Å². The standard InChI is InChI=1S/C20H19Cl2NO.C5H11N3O/c21-14-9-10-17(18(22)12-14)19-11-13-5-1-4-8-16(13)20(24)23(19)15-6-2-3-7-15;6-1-2-7-3-4-8-5-9/h1,4-5,8-10,12,15,19H,2-3,6-7,11H2;1-2,5,7H,3-4,6H2,(H,8,9)/b;2-1-. The van der Waals surface area contributed by atoms with Gasteiger partial charge in [0.15, 0.2) is 0 Å². The van der Waals surface area contributed by atoms with Crippen molar-refractivity contribution < 1.29 is 9.59 Å². The highest BCUT2D eigenvalue weighted by Gasteiger charge is 2.39. The van der Waals surface area contributed by atoms with E-state index in [1.165, 1.54) is 19.0 Å². The fourth-order valence-corrected chi connectivity index (χ4v) is 5.02. The molecule has 2 aromatic carbocycles. The molecule has 0 spiro atoms. The van der Waals surface area contributed by atoms with Gasteiger partial charge in [0.2, 0.25) is 6.41 Å². The van der Waals surface area contributed by atoms with Gasteiger partial charge >= 0.3 is 0 Å². The van der Waals surface area contributed by atoms with Gasteiger partial charge < -0.3 is 21.3 Å². The molecule has 1 unspecified atom stereocenters. The number of benzene rings is 2. The molecule has 4 rings (SSSR count). The number of rotatable bonds is 7. The number of nitrogens with zero attached hydrogens (tertiary/aromatic N) is 1. The van der Waals surface area contributed by atoms with Gasteiger partial charge in [0.25, 0.3) is 5.91 Å². The maximum atomic E-state index is 13.2. The van der Waals surface area contributed by atoms with Gasteiger partial charge in [0, 0.05) is 47.1 Å². The van der Waals surface area contributed by atoms with Crippen molar-refractivity contribution in [1.29, 1.82) is 0 Å². The minimum atomic E-state index is -0.0136. The first-order valence-electron chi connectivity index (χ1n) is 11.2. The first-order chi connectivity index (χ1) is 16.1. The Morgan fingerprint density at radius 1 is 1.06 bits per heavy atom. The summed E-state index contributed by atoms with van der Waals surface area (Å²) in [6.07, 6.45) is 9.03. The summed E-state index contributed by atoms with van der Waals surface area (Å²) in [4.78, 5) is 25.0. The van der Waals surface area contributed by atoms with Crippen LogP contribution in [0.1, 0.15) is 53.2 Å². The minimum absolute atomic E-state index is 0.0136. The normalized spacial score (nSPS) is 17.9. The van der Waals surface area contributed by atoms with Crippen LogP contribution in [0.25, 0.3) is 0 Å². The van der Waals surface area contributed by atoms with Crippen LogP contribution < -0.4 is 16.4 Å². The van der Waals surface area contributed by atoms with Crippen molar-refractivity contribution in [2.45, 2.75) is 44.2 Å². The van der Waals surface area contributed by atoms with Crippen LogP contribution in [0.15, 0.2) is 54.9 Å². The van der Waals surface area contributed by atoms with E-state index >= 15 is 0 Å². The fourth-order valence-electron chi connectivity index (χ4n) is 4.48. The molecule has 0 bridgehead atoms. The van der Waals surface area contributed by atoms with Crippen molar-refractivity contribution in [2.24, 2.45) is 5.73 Å². The van der Waals surface area contributed by atoms with Crippen LogP contribution in [-0.4, -0.2) is 36.3 Å². The lowest BCUT2D eigenvalue weighted by atomic mass is 9.88. The highest BCUT2D eigenvalue weighted by Crippen LogP contribution is 2.41. The van der Waals surface area contributed by atoms with E-state index in [0.29, 0.717) is 35.6 Å². The second-order valence-electron chi connectivity index (χ2n) is 8.08. The molecule has 2 aromatic rings.